The minimum Gasteiger partial charge on any atom is -0.392 e. The van der Waals surface area contributed by atoms with Crippen LogP contribution in [0.25, 0.3) is 5.65 Å². The van der Waals surface area contributed by atoms with Crippen molar-refractivity contribution in [3.8, 4) is 0 Å². The number of benzene rings is 2. The highest BCUT2D eigenvalue weighted by Gasteiger charge is 2.33. The molecular formula is C26H21F2N3O3. The topological polar surface area (TPSA) is 83.7 Å². The number of amides is 1. The second-order valence-corrected chi connectivity index (χ2v) is 8.58. The van der Waals surface area contributed by atoms with Gasteiger partial charge in [0.25, 0.3) is 5.91 Å². The van der Waals surface area contributed by atoms with E-state index in [1.807, 2.05) is 13.0 Å². The van der Waals surface area contributed by atoms with Crippen LogP contribution in [0.4, 0.5) is 14.5 Å². The highest BCUT2D eigenvalue weighted by atomic mass is 19.1. The Morgan fingerprint density at radius 1 is 1.15 bits per heavy atom. The number of halogens is 2. The SMILES string of the molecule is Cc1ccc2ncc(C(=O)Nc3cc(C(=O)C[C@@H]4c5ccc(F)cc5C[C@@H]4O)ccc3F)n2c1. The maximum Gasteiger partial charge on any atom is 0.274 e. The molecule has 0 bridgehead atoms. The molecule has 172 valence electrons. The lowest BCUT2D eigenvalue weighted by Gasteiger charge is -2.15. The van der Waals surface area contributed by atoms with Gasteiger partial charge in [-0.15, -0.1) is 0 Å². The molecule has 34 heavy (non-hydrogen) atoms. The quantitative estimate of drug-likeness (QED) is 0.430. The number of aliphatic hydroxyl groups is 1. The Labute approximate surface area is 193 Å². The smallest absolute Gasteiger partial charge is 0.274 e. The van der Waals surface area contributed by atoms with Crippen molar-refractivity contribution in [3.63, 3.8) is 0 Å². The third-order valence-corrected chi connectivity index (χ3v) is 6.23. The molecule has 8 heteroatoms. The Bertz CT molecular complexity index is 1450. The van der Waals surface area contributed by atoms with E-state index in [1.165, 1.54) is 30.5 Å². The van der Waals surface area contributed by atoms with E-state index in [2.05, 4.69) is 10.3 Å². The van der Waals surface area contributed by atoms with Crippen LogP contribution in [0.2, 0.25) is 0 Å². The van der Waals surface area contributed by atoms with E-state index in [4.69, 9.17) is 0 Å². The van der Waals surface area contributed by atoms with Crippen molar-refractivity contribution < 1.29 is 23.5 Å². The van der Waals surface area contributed by atoms with Gasteiger partial charge in [0, 0.05) is 24.1 Å². The number of Topliss-reactive ketones (excluding diaryl/α,β-unsaturated/α-hetero) is 1. The molecule has 0 fully saturated rings. The standard InChI is InChI=1S/C26H21F2N3O3/c1-14-2-7-25-29-12-22(31(25)13-14)26(34)30-21-9-15(3-6-20(21)28)23(32)11-19-18-5-4-17(27)8-16(18)10-24(19)33/h2-9,12-13,19,24,33H,10-11H2,1H3,(H,30,34)/t19-,24+/m1/s1. The number of nitrogens with zero attached hydrogens (tertiary/aromatic N) is 2. The number of aromatic nitrogens is 2. The van der Waals surface area contributed by atoms with Crippen LogP contribution in [0.1, 0.15) is 49.9 Å². The highest BCUT2D eigenvalue weighted by Crippen LogP contribution is 2.37. The fourth-order valence-electron chi connectivity index (χ4n) is 4.49. The Hall–Kier alpha value is -3.91. The predicted octanol–water partition coefficient (Wildman–Crippen LogP) is 4.45. The number of aliphatic hydroxyl groups excluding tert-OH is 1. The summed E-state index contributed by atoms with van der Waals surface area (Å²) in [5.41, 5.74) is 3.22. The number of fused-ring (bicyclic) bond motifs is 2. The van der Waals surface area contributed by atoms with Gasteiger partial charge >= 0.3 is 0 Å². The van der Waals surface area contributed by atoms with Gasteiger partial charge < -0.3 is 10.4 Å². The van der Waals surface area contributed by atoms with Gasteiger partial charge in [0.2, 0.25) is 0 Å². The summed E-state index contributed by atoms with van der Waals surface area (Å²) in [4.78, 5) is 30.0. The molecule has 2 N–H and O–H groups in total. The lowest BCUT2D eigenvalue weighted by Crippen LogP contribution is -2.18. The number of rotatable bonds is 5. The summed E-state index contributed by atoms with van der Waals surface area (Å²) in [5.74, 6) is -2.44. The molecule has 1 aliphatic rings. The lowest BCUT2D eigenvalue weighted by atomic mass is 9.91. The normalized spacial score (nSPS) is 17.1. The van der Waals surface area contributed by atoms with E-state index in [-0.39, 0.29) is 35.6 Å². The van der Waals surface area contributed by atoms with Gasteiger partial charge in [-0.2, -0.15) is 0 Å². The Kier molecular flexibility index (Phi) is 5.45. The summed E-state index contributed by atoms with van der Waals surface area (Å²) in [5, 5.41) is 13.0. The summed E-state index contributed by atoms with van der Waals surface area (Å²) in [6.07, 6.45) is 2.60. The minimum atomic E-state index is -0.807. The Balaban J connectivity index is 1.37. The lowest BCUT2D eigenvalue weighted by molar-refractivity contribution is 0.0920. The molecule has 4 aromatic rings. The first-order valence-corrected chi connectivity index (χ1v) is 10.8. The van der Waals surface area contributed by atoms with Gasteiger partial charge in [-0.25, -0.2) is 13.8 Å². The number of hydrogen-bond donors (Lipinski definition) is 2. The molecule has 2 aromatic carbocycles. The molecule has 0 unspecified atom stereocenters. The van der Waals surface area contributed by atoms with E-state index < -0.39 is 29.6 Å². The first-order valence-electron chi connectivity index (χ1n) is 10.8. The number of nitrogens with one attached hydrogen (secondary N) is 1. The van der Waals surface area contributed by atoms with E-state index in [0.29, 0.717) is 11.2 Å². The molecule has 5 rings (SSSR count). The first-order chi connectivity index (χ1) is 16.3. The molecule has 0 spiro atoms. The molecule has 2 aromatic heterocycles. The molecule has 2 atom stereocenters. The minimum absolute atomic E-state index is 0.0225. The van der Waals surface area contributed by atoms with Gasteiger partial charge in [0.1, 0.15) is 23.0 Å². The van der Waals surface area contributed by atoms with Gasteiger partial charge in [-0.1, -0.05) is 12.1 Å². The summed E-state index contributed by atoms with van der Waals surface area (Å²) < 4.78 is 29.6. The molecule has 1 aliphatic carbocycles. The van der Waals surface area contributed by atoms with E-state index >= 15 is 0 Å². The van der Waals surface area contributed by atoms with Crippen LogP contribution in [-0.2, 0) is 6.42 Å². The maximum absolute atomic E-state index is 14.5. The number of anilines is 1. The second-order valence-electron chi connectivity index (χ2n) is 8.58. The van der Waals surface area contributed by atoms with Crippen LogP contribution in [0.3, 0.4) is 0 Å². The molecule has 6 nitrogen and oxygen atoms in total. The van der Waals surface area contributed by atoms with Gasteiger partial charge in [0.15, 0.2) is 5.78 Å². The van der Waals surface area contributed by atoms with Crippen LogP contribution >= 0.6 is 0 Å². The fraction of sp³-hybridized carbons (Fsp3) is 0.192. The third-order valence-electron chi connectivity index (χ3n) is 6.23. The number of aryl methyl sites for hydroxylation is 1. The first kappa shape index (κ1) is 21.9. The second kappa shape index (κ2) is 8.46. The summed E-state index contributed by atoms with van der Waals surface area (Å²) in [7, 11) is 0. The predicted molar refractivity (Wildman–Crippen MR) is 122 cm³/mol. The number of hydrogen-bond acceptors (Lipinski definition) is 4. The van der Waals surface area contributed by atoms with Crippen molar-refractivity contribution in [1.29, 1.82) is 0 Å². The monoisotopic (exact) mass is 461 g/mol. The molecular weight excluding hydrogens is 440 g/mol. The van der Waals surface area contributed by atoms with Crippen LogP contribution in [0.15, 0.2) is 60.9 Å². The van der Waals surface area contributed by atoms with Gasteiger partial charge in [-0.3, -0.25) is 14.0 Å². The van der Waals surface area contributed by atoms with Crippen LogP contribution < -0.4 is 5.32 Å². The number of ketones is 1. The number of pyridine rings is 1. The molecule has 1 amide bonds. The maximum atomic E-state index is 14.5. The van der Waals surface area contributed by atoms with Crippen LogP contribution in [0, 0.1) is 18.6 Å². The highest BCUT2D eigenvalue weighted by molar-refractivity contribution is 6.05. The number of carbonyl (C=O) groups excluding carboxylic acids is 2. The zero-order chi connectivity index (χ0) is 24.0. The van der Waals surface area contributed by atoms with Crippen molar-refractivity contribution in [2.45, 2.75) is 31.8 Å². The van der Waals surface area contributed by atoms with Crippen molar-refractivity contribution in [3.05, 3.63) is 101 Å². The van der Waals surface area contributed by atoms with Crippen LogP contribution in [0.5, 0.6) is 0 Å². The summed E-state index contributed by atoms with van der Waals surface area (Å²) >= 11 is 0. The molecule has 0 aliphatic heterocycles. The van der Waals surface area contributed by atoms with E-state index in [1.54, 1.807) is 22.7 Å². The summed E-state index contributed by atoms with van der Waals surface area (Å²) in [6.45, 7) is 1.88. The van der Waals surface area contributed by atoms with Crippen molar-refractivity contribution in [2.75, 3.05) is 5.32 Å². The third kappa shape index (κ3) is 3.97. The van der Waals surface area contributed by atoms with Crippen molar-refractivity contribution in [1.82, 2.24) is 9.38 Å². The average molecular weight is 461 g/mol. The van der Waals surface area contributed by atoms with Crippen molar-refractivity contribution >= 4 is 23.0 Å². The van der Waals surface area contributed by atoms with Crippen molar-refractivity contribution in [2.24, 2.45) is 0 Å². The van der Waals surface area contributed by atoms with E-state index in [0.717, 1.165) is 17.2 Å². The van der Waals surface area contributed by atoms with Gasteiger partial charge in [-0.05, 0) is 66.4 Å². The Morgan fingerprint density at radius 2 is 1.97 bits per heavy atom. The largest absolute Gasteiger partial charge is 0.392 e. The fourth-order valence-corrected chi connectivity index (χ4v) is 4.49. The van der Waals surface area contributed by atoms with Gasteiger partial charge in [0.05, 0.1) is 18.0 Å². The van der Waals surface area contributed by atoms with E-state index in [9.17, 15) is 23.5 Å². The number of carbonyl (C=O) groups is 2. The molecule has 0 saturated heterocycles. The molecule has 2 heterocycles. The zero-order valence-electron chi connectivity index (χ0n) is 18.3. The Morgan fingerprint density at radius 3 is 2.79 bits per heavy atom. The molecule has 0 radical (unpaired) electrons. The van der Waals surface area contributed by atoms with Crippen LogP contribution in [-0.4, -0.2) is 32.3 Å². The number of imidazole rings is 1. The average Bonchev–Trinajstić information content (AvgIpc) is 3.35. The zero-order valence-corrected chi connectivity index (χ0v) is 18.3. The molecule has 0 saturated carbocycles. The summed E-state index contributed by atoms with van der Waals surface area (Å²) in [6, 6.07) is 11.7.